The van der Waals surface area contributed by atoms with E-state index >= 15 is 0 Å². The first-order valence-electron chi connectivity index (χ1n) is 3.21. The molecule has 0 spiro atoms. The molecule has 0 radical (unpaired) electrons. The van der Waals surface area contributed by atoms with Crippen molar-refractivity contribution in [3.05, 3.63) is 17.3 Å². The summed E-state index contributed by atoms with van der Waals surface area (Å²) in [5.41, 5.74) is 5.27. The van der Waals surface area contributed by atoms with Crippen LogP contribution < -0.4 is 11.1 Å². The number of rotatable bonds is 1. The second-order valence-electron chi connectivity index (χ2n) is 1.95. The second kappa shape index (κ2) is 4.23. The summed E-state index contributed by atoms with van der Waals surface area (Å²) in [6.45, 7) is 0. The summed E-state index contributed by atoms with van der Waals surface area (Å²) in [4.78, 5) is 3.72. The van der Waals surface area contributed by atoms with Crippen LogP contribution in [0.5, 0.6) is 0 Å². The molecule has 7 heteroatoms. The van der Waals surface area contributed by atoms with Gasteiger partial charge in [0.05, 0.1) is 0 Å². The fraction of sp³-hybridized carbons (Fsp3) is 0. The Labute approximate surface area is 79.0 Å². The third kappa shape index (κ3) is 2.92. The van der Waals surface area contributed by atoms with Crippen molar-refractivity contribution in [1.29, 1.82) is 5.26 Å². The van der Waals surface area contributed by atoms with Gasteiger partial charge in [0, 0.05) is 0 Å². The molecule has 66 valence electrons. The van der Waals surface area contributed by atoms with Gasteiger partial charge >= 0.3 is 0 Å². The van der Waals surface area contributed by atoms with Crippen LogP contribution in [0.1, 0.15) is 0 Å². The summed E-state index contributed by atoms with van der Waals surface area (Å²) in [6.07, 6.45) is 1.62. The Morgan fingerprint density at radius 1 is 1.62 bits per heavy atom. The molecule has 0 fully saturated rings. The number of nitriles is 1. The third-order valence-electron chi connectivity index (χ3n) is 1.04. The number of hydrogen-bond donors (Lipinski definition) is 2. The molecule has 13 heavy (non-hydrogen) atoms. The van der Waals surface area contributed by atoms with Gasteiger partial charge in [-0.2, -0.15) is 10.3 Å². The molecular weight excluding hydrogens is 192 g/mol. The van der Waals surface area contributed by atoms with Gasteiger partial charge in [-0.05, 0) is 12.1 Å². The standard InChI is InChI=1S/C6H5ClN6/c7-4-1-2-5(13-12-4)11-6(9)10-3-8/h1-2H,(H3,9,10,11,13). The lowest BCUT2D eigenvalue weighted by atomic mass is 10.5. The molecule has 0 aliphatic heterocycles. The highest BCUT2D eigenvalue weighted by molar-refractivity contribution is 6.29. The number of aliphatic imine (C=N–C) groups is 1. The Morgan fingerprint density at radius 3 is 2.92 bits per heavy atom. The molecule has 0 aromatic carbocycles. The van der Waals surface area contributed by atoms with Crippen LogP contribution in [0.3, 0.4) is 0 Å². The van der Waals surface area contributed by atoms with Gasteiger partial charge in [0.25, 0.3) is 0 Å². The predicted octanol–water partition coefficient (Wildman–Crippen LogP) is 0.147. The summed E-state index contributed by atoms with van der Waals surface area (Å²) in [7, 11) is 0. The number of guanidine groups is 1. The average Bonchev–Trinajstić information content (AvgIpc) is 2.09. The van der Waals surface area contributed by atoms with Crippen molar-refractivity contribution in [3.63, 3.8) is 0 Å². The van der Waals surface area contributed by atoms with E-state index in [2.05, 4.69) is 20.5 Å². The highest BCUT2D eigenvalue weighted by atomic mass is 35.5. The molecule has 0 saturated carbocycles. The zero-order chi connectivity index (χ0) is 9.68. The second-order valence-corrected chi connectivity index (χ2v) is 2.34. The molecule has 0 atom stereocenters. The van der Waals surface area contributed by atoms with E-state index in [1.54, 1.807) is 6.19 Å². The zero-order valence-electron chi connectivity index (χ0n) is 6.40. The third-order valence-corrected chi connectivity index (χ3v) is 1.24. The van der Waals surface area contributed by atoms with E-state index < -0.39 is 0 Å². The van der Waals surface area contributed by atoms with Gasteiger partial charge in [-0.1, -0.05) is 11.6 Å². The number of nitrogens with two attached hydrogens (primary N) is 1. The fourth-order valence-corrected chi connectivity index (χ4v) is 0.678. The van der Waals surface area contributed by atoms with Crippen molar-refractivity contribution < 1.29 is 0 Å². The summed E-state index contributed by atoms with van der Waals surface area (Å²) < 4.78 is 0. The van der Waals surface area contributed by atoms with Crippen LogP contribution in [-0.2, 0) is 0 Å². The SMILES string of the molecule is N#CNC(N)=Nc1ccc(Cl)nn1. The fourth-order valence-electron chi connectivity index (χ4n) is 0.577. The topological polar surface area (TPSA) is 100.0 Å². The van der Waals surface area contributed by atoms with Crippen LogP contribution in [0.25, 0.3) is 0 Å². The average molecular weight is 197 g/mol. The van der Waals surface area contributed by atoms with Gasteiger partial charge in [0.2, 0.25) is 5.96 Å². The lowest BCUT2D eigenvalue weighted by Crippen LogP contribution is -2.26. The first kappa shape index (κ1) is 9.22. The number of nitrogens with zero attached hydrogens (tertiary/aromatic N) is 4. The normalized spacial score (nSPS) is 10.6. The minimum atomic E-state index is -0.0425. The van der Waals surface area contributed by atoms with Gasteiger partial charge in [-0.3, -0.25) is 5.32 Å². The first-order chi connectivity index (χ1) is 6.22. The maximum absolute atomic E-state index is 8.18. The Morgan fingerprint density at radius 2 is 2.38 bits per heavy atom. The van der Waals surface area contributed by atoms with Gasteiger partial charge < -0.3 is 5.73 Å². The van der Waals surface area contributed by atoms with Crippen molar-refractivity contribution in [1.82, 2.24) is 15.5 Å². The lowest BCUT2D eigenvalue weighted by molar-refractivity contribution is 1.02. The molecule has 1 aromatic rings. The maximum Gasteiger partial charge on any atom is 0.208 e. The lowest BCUT2D eigenvalue weighted by Gasteiger charge is -1.94. The van der Waals surface area contributed by atoms with E-state index in [4.69, 9.17) is 22.6 Å². The minimum absolute atomic E-state index is 0.0425. The predicted molar refractivity (Wildman–Crippen MR) is 47.1 cm³/mol. The van der Waals surface area contributed by atoms with Crippen molar-refractivity contribution >= 4 is 23.4 Å². The van der Waals surface area contributed by atoms with E-state index in [9.17, 15) is 0 Å². The van der Waals surface area contributed by atoms with Crippen LogP contribution >= 0.6 is 11.6 Å². The summed E-state index contributed by atoms with van der Waals surface area (Å²) in [6, 6.07) is 3.05. The highest BCUT2D eigenvalue weighted by Gasteiger charge is 1.94. The molecule has 6 nitrogen and oxygen atoms in total. The van der Waals surface area contributed by atoms with Crippen LogP contribution in [0, 0.1) is 11.5 Å². The van der Waals surface area contributed by atoms with Crippen molar-refractivity contribution in [3.8, 4) is 6.19 Å². The smallest absolute Gasteiger partial charge is 0.208 e. The van der Waals surface area contributed by atoms with E-state index in [0.717, 1.165) is 0 Å². The minimum Gasteiger partial charge on any atom is -0.369 e. The van der Waals surface area contributed by atoms with Gasteiger partial charge in [0.1, 0.15) is 0 Å². The monoisotopic (exact) mass is 196 g/mol. The Kier molecular flexibility index (Phi) is 3.00. The summed E-state index contributed by atoms with van der Waals surface area (Å²) in [5.74, 6) is 0.240. The van der Waals surface area contributed by atoms with E-state index in [-0.39, 0.29) is 16.9 Å². The van der Waals surface area contributed by atoms with Crippen molar-refractivity contribution in [2.24, 2.45) is 10.7 Å². The molecule has 0 saturated heterocycles. The number of nitrogens with one attached hydrogen (secondary N) is 1. The van der Waals surface area contributed by atoms with Gasteiger partial charge in [-0.25, -0.2) is 0 Å². The largest absolute Gasteiger partial charge is 0.369 e. The molecule has 3 N–H and O–H groups in total. The number of aromatic nitrogens is 2. The molecule has 0 bridgehead atoms. The van der Waals surface area contributed by atoms with Crippen molar-refractivity contribution in [2.75, 3.05) is 0 Å². The summed E-state index contributed by atoms with van der Waals surface area (Å²) in [5, 5.41) is 17.7. The summed E-state index contributed by atoms with van der Waals surface area (Å²) >= 11 is 5.49. The molecule has 0 aliphatic rings. The van der Waals surface area contributed by atoms with Crippen LogP contribution in [-0.4, -0.2) is 16.2 Å². The van der Waals surface area contributed by atoms with Crippen LogP contribution in [0.2, 0.25) is 5.15 Å². The molecule has 1 rings (SSSR count). The van der Waals surface area contributed by atoms with Gasteiger partial charge in [-0.15, -0.1) is 10.2 Å². The van der Waals surface area contributed by atoms with E-state index in [1.165, 1.54) is 12.1 Å². The molecule has 1 aromatic heterocycles. The maximum atomic E-state index is 8.18. The molecule has 1 heterocycles. The van der Waals surface area contributed by atoms with Crippen molar-refractivity contribution in [2.45, 2.75) is 0 Å². The van der Waals surface area contributed by atoms with E-state index in [1.807, 2.05) is 0 Å². The Bertz CT molecular complexity index is 350. The zero-order valence-corrected chi connectivity index (χ0v) is 7.15. The Balaban J connectivity index is 2.80. The first-order valence-corrected chi connectivity index (χ1v) is 3.58. The Hall–Kier alpha value is -1.87. The van der Waals surface area contributed by atoms with E-state index in [0.29, 0.717) is 0 Å². The highest BCUT2D eigenvalue weighted by Crippen LogP contribution is 2.08. The molecular formula is C6H5ClN6. The quantitative estimate of drug-likeness (QED) is 0.288. The molecule has 0 amide bonds. The van der Waals surface area contributed by atoms with Gasteiger partial charge in [0.15, 0.2) is 17.2 Å². The molecule has 0 unspecified atom stereocenters. The van der Waals surface area contributed by atoms with Crippen LogP contribution in [0.4, 0.5) is 5.82 Å². The number of hydrogen-bond acceptors (Lipinski definition) is 4. The number of halogens is 1. The molecule has 0 aliphatic carbocycles. The van der Waals surface area contributed by atoms with Crippen LogP contribution in [0.15, 0.2) is 17.1 Å².